The lowest BCUT2D eigenvalue weighted by molar-refractivity contribution is -0.0992. The van der Waals surface area contributed by atoms with E-state index in [0.29, 0.717) is 6.42 Å². The third-order valence-corrected chi connectivity index (χ3v) is 1.38. The fourth-order valence-electron chi connectivity index (χ4n) is 0.571. The van der Waals surface area contributed by atoms with Gasteiger partial charge in [0.25, 0.3) is 0 Å². The first-order valence-electron chi connectivity index (χ1n) is 3.11. The minimum Gasteiger partial charge on any atom is -0.233 e. The van der Waals surface area contributed by atoms with E-state index in [9.17, 15) is 12.3 Å². The lowest BCUT2D eigenvalue weighted by atomic mass is 10.4. The highest BCUT2D eigenvalue weighted by atomic mass is 32.3. The van der Waals surface area contributed by atoms with Gasteiger partial charge in [0.15, 0.2) is 0 Å². The number of rotatable bonds is 3. The number of allylic oxidation sites excluding steroid dienone is 1. The van der Waals surface area contributed by atoms with E-state index in [1.807, 2.05) is 0 Å². The Balaban J connectivity index is 2.37. The Morgan fingerprint density at radius 3 is 2.92 bits per heavy atom. The predicted octanol–water partition coefficient (Wildman–Crippen LogP) is 0.380. The minimum atomic E-state index is -4.60. The van der Waals surface area contributed by atoms with Gasteiger partial charge in [-0.15, -0.1) is 9.06 Å². The van der Waals surface area contributed by atoms with Crippen molar-refractivity contribution in [2.45, 2.75) is 6.42 Å². The lowest BCUT2D eigenvalue weighted by Crippen LogP contribution is -2.17. The molecule has 7 heteroatoms. The highest BCUT2D eigenvalue weighted by Crippen LogP contribution is 2.02. The molecule has 0 aromatic carbocycles. The molecule has 1 aliphatic rings. The van der Waals surface area contributed by atoms with E-state index < -0.39 is 16.2 Å². The third kappa shape index (κ3) is 3.44. The molecule has 0 N–H and O–H groups in total. The largest absolute Gasteiger partial charge is 0.329 e. The number of halogens is 1. The first kappa shape index (κ1) is 9.14. The Bertz CT molecular complexity index is 286. The SMILES string of the molecule is O=S(=O)(F)CON1C=CCC=N1. The zero-order chi connectivity index (χ0) is 9.03. The van der Waals surface area contributed by atoms with Gasteiger partial charge in [-0.1, -0.05) is 6.08 Å². The summed E-state index contributed by atoms with van der Waals surface area (Å²) in [6.07, 6.45) is 5.26. The molecule has 68 valence electrons. The molecule has 1 rings (SSSR count). The van der Waals surface area contributed by atoms with Gasteiger partial charge in [0.05, 0.1) is 6.20 Å². The van der Waals surface area contributed by atoms with Crippen molar-refractivity contribution in [3.05, 3.63) is 12.3 Å². The Kier molecular flexibility index (Phi) is 2.77. The van der Waals surface area contributed by atoms with E-state index in [4.69, 9.17) is 0 Å². The van der Waals surface area contributed by atoms with Gasteiger partial charge in [-0.2, -0.15) is 13.5 Å². The van der Waals surface area contributed by atoms with Gasteiger partial charge >= 0.3 is 10.2 Å². The Hall–Kier alpha value is -0.950. The Morgan fingerprint density at radius 2 is 2.42 bits per heavy atom. The smallest absolute Gasteiger partial charge is 0.233 e. The quantitative estimate of drug-likeness (QED) is 0.609. The first-order chi connectivity index (χ1) is 5.58. The standard InChI is InChI=1S/C5H7FN2O3S/c6-12(9,10)5-11-8-4-2-1-3-7-8/h2-4H,1,5H2. The maximum absolute atomic E-state index is 11.9. The second-order valence-corrected chi connectivity index (χ2v) is 3.32. The van der Waals surface area contributed by atoms with E-state index >= 15 is 0 Å². The fraction of sp³-hybridized carbons (Fsp3) is 0.400. The molecule has 0 spiro atoms. The van der Waals surface area contributed by atoms with Crippen LogP contribution in [0.2, 0.25) is 0 Å². The summed E-state index contributed by atoms with van der Waals surface area (Å²) < 4.78 is 31.8. The van der Waals surface area contributed by atoms with Crippen LogP contribution in [0, 0.1) is 0 Å². The van der Waals surface area contributed by atoms with Crippen molar-refractivity contribution in [3.8, 4) is 0 Å². The van der Waals surface area contributed by atoms with Crippen LogP contribution >= 0.6 is 0 Å². The molecule has 0 bridgehead atoms. The molecule has 12 heavy (non-hydrogen) atoms. The van der Waals surface area contributed by atoms with Crippen LogP contribution in [0.1, 0.15) is 6.42 Å². The number of hydroxylamine groups is 1. The van der Waals surface area contributed by atoms with Crippen molar-refractivity contribution < 1.29 is 17.1 Å². The van der Waals surface area contributed by atoms with Crippen molar-refractivity contribution >= 4 is 16.4 Å². The van der Waals surface area contributed by atoms with Gasteiger partial charge in [-0.25, -0.2) is 4.84 Å². The number of nitrogens with zero attached hydrogens (tertiary/aromatic N) is 2. The highest BCUT2D eigenvalue weighted by molar-refractivity contribution is 7.86. The zero-order valence-corrected chi connectivity index (χ0v) is 6.87. The molecule has 0 fully saturated rings. The monoisotopic (exact) mass is 194 g/mol. The summed E-state index contributed by atoms with van der Waals surface area (Å²) in [5.74, 6) is -1.02. The van der Waals surface area contributed by atoms with Crippen molar-refractivity contribution in [1.82, 2.24) is 5.17 Å². The summed E-state index contributed by atoms with van der Waals surface area (Å²) in [7, 11) is -4.60. The van der Waals surface area contributed by atoms with E-state index in [-0.39, 0.29) is 0 Å². The zero-order valence-electron chi connectivity index (χ0n) is 6.05. The molecule has 5 nitrogen and oxygen atoms in total. The lowest BCUT2D eigenvalue weighted by Gasteiger charge is -2.13. The topological polar surface area (TPSA) is 59.0 Å². The maximum atomic E-state index is 11.9. The second-order valence-electron chi connectivity index (χ2n) is 2.01. The second kappa shape index (κ2) is 3.63. The van der Waals surface area contributed by atoms with Crippen LogP contribution in [-0.2, 0) is 15.1 Å². The number of hydrazone groups is 1. The molecule has 0 aliphatic carbocycles. The van der Waals surface area contributed by atoms with Gasteiger partial charge in [0, 0.05) is 12.6 Å². The Morgan fingerprint density at radius 1 is 1.67 bits per heavy atom. The molecule has 1 heterocycles. The van der Waals surface area contributed by atoms with Gasteiger partial charge < -0.3 is 0 Å². The normalized spacial score (nSPS) is 16.9. The van der Waals surface area contributed by atoms with E-state index in [1.54, 1.807) is 6.08 Å². The molecule has 0 saturated heterocycles. The average Bonchev–Trinajstić information content (AvgIpc) is 2.02. The molecule has 0 atom stereocenters. The average molecular weight is 194 g/mol. The van der Waals surface area contributed by atoms with Crippen LogP contribution < -0.4 is 0 Å². The van der Waals surface area contributed by atoms with Crippen LogP contribution in [0.4, 0.5) is 3.89 Å². The summed E-state index contributed by atoms with van der Waals surface area (Å²) >= 11 is 0. The van der Waals surface area contributed by atoms with Crippen LogP contribution in [0.25, 0.3) is 0 Å². The molecule has 0 radical (unpaired) electrons. The molecule has 0 aromatic heterocycles. The van der Waals surface area contributed by atoms with Crippen molar-refractivity contribution in [3.63, 3.8) is 0 Å². The summed E-state index contributed by atoms with van der Waals surface area (Å²) in [6, 6.07) is 0. The van der Waals surface area contributed by atoms with Crippen LogP contribution in [0.15, 0.2) is 17.4 Å². The molecular formula is C5H7FN2O3S. The molecule has 1 aliphatic heterocycles. The van der Waals surface area contributed by atoms with Gasteiger partial charge in [-0.3, -0.25) is 0 Å². The van der Waals surface area contributed by atoms with Gasteiger partial charge in [0.1, 0.15) is 0 Å². The predicted molar refractivity (Wildman–Crippen MR) is 40.1 cm³/mol. The van der Waals surface area contributed by atoms with Gasteiger partial charge in [-0.05, 0) is 0 Å². The Labute approximate surface area is 69.3 Å². The number of hydrogen-bond acceptors (Lipinski definition) is 5. The van der Waals surface area contributed by atoms with Crippen molar-refractivity contribution in [2.24, 2.45) is 5.10 Å². The summed E-state index contributed by atoms with van der Waals surface area (Å²) in [5.41, 5.74) is 0. The highest BCUT2D eigenvalue weighted by Gasteiger charge is 2.10. The van der Waals surface area contributed by atoms with Crippen molar-refractivity contribution in [2.75, 3.05) is 5.94 Å². The van der Waals surface area contributed by atoms with Crippen LogP contribution in [0.5, 0.6) is 0 Å². The molecule has 0 aromatic rings. The molecule has 0 saturated carbocycles. The summed E-state index contributed by atoms with van der Waals surface area (Å²) in [5, 5.41) is 4.49. The summed E-state index contributed by atoms with van der Waals surface area (Å²) in [4.78, 5) is 4.43. The van der Waals surface area contributed by atoms with E-state index in [1.165, 1.54) is 12.4 Å². The van der Waals surface area contributed by atoms with Gasteiger partial charge in [0.2, 0.25) is 5.94 Å². The van der Waals surface area contributed by atoms with Crippen LogP contribution in [-0.4, -0.2) is 25.7 Å². The molecule has 0 amide bonds. The minimum absolute atomic E-state index is 0.655. The number of hydrogen-bond donors (Lipinski definition) is 0. The van der Waals surface area contributed by atoms with Crippen molar-refractivity contribution in [1.29, 1.82) is 0 Å². The summed E-state index contributed by atoms with van der Waals surface area (Å²) in [6.45, 7) is 0. The van der Waals surface area contributed by atoms with E-state index in [2.05, 4.69) is 9.94 Å². The van der Waals surface area contributed by atoms with Crippen LogP contribution in [0.3, 0.4) is 0 Å². The maximum Gasteiger partial charge on any atom is 0.329 e. The molecule has 0 unspecified atom stereocenters. The first-order valence-corrected chi connectivity index (χ1v) is 4.67. The third-order valence-electron chi connectivity index (χ3n) is 0.996. The molecular weight excluding hydrogens is 187 g/mol. The van der Waals surface area contributed by atoms with E-state index in [0.717, 1.165) is 5.17 Å². The fourth-order valence-corrected chi connectivity index (χ4v) is 0.805.